The van der Waals surface area contributed by atoms with Crippen molar-refractivity contribution in [2.45, 2.75) is 11.3 Å². The minimum atomic E-state index is -3.59. The van der Waals surface area contributed by atoms with Gasteiger partial charge in [-0.05, 0) is 47.9 Å². The first-order chi connectivity index (χ1) is 10.4. The second-order valence-corrected chi connectivity index (χ2v) is 7.97. The lowest BCUT2D eigenvalue weighted by Crippen LogP contribution is -2.30. The summed E-state index contributed by atoms with van der Waals surface area (Å²) in [6, 6.07) is 3.12. The van der Waals surface area contributed by atoms with Gasteiger partial charge < -0.3 is 14.8 Å². The third kappa shape index (κ3) is 3.40. The largest absolute Gasteiger partial charge is 0.495 e. The van der Waals surface area contributed by atoms with Gasteiger partial charge >= 0.3 is 0 Å². The number of nitrogens with one attached hydrogen (secondary N) is 1. The van der Waals surface area contributed by atoms with E-state index in [1.807, 2.05) is 7.05 Å². The van der Waals surface area contributed by atoms with Crippen LogP contribution in [0.25, 0.3) is 0 Å². The number of hydrogen-bond acceptors (Lipinski definition) is 5. The smallest absolute Gasteiger partial charge is 0.246 e. The second-order valence-electron chi connectivity index (χ2n) is 5.21. The zero-order valence-corrected chi connectivity index (χ0v) is 15.3. The SMILES string of the molecule is CNCC1CCN(S(=O)(=O)c2cc(Br)c(OC)cc2OC)C1. The van der Waals surface area contributed by atoms with E-state index in [2.05, 4.69) is 21.2 Å². The molecule has 1 aliphatic heterocycles. The minimum Gasteiger partial charge on any atom is -0.495 e. The normalized spacial score (nSPS) is 19.4. The molecule has 0 amide bonds. The first kappa shape index (κ1) is 17.5. The molecule has 1 saturated heterocycles. The molecule has 1 fully saturated rings. The maximum atomic E-state index is 12.9. The first-order valence-electron chi connectivity index (χ1n) is 7.00. The van der Waals surface area contributed by atoms with Crippen molar-refractivity contribution in [1.29, 1.82) is 0 Å². The number of methoxy groups -OCH3 is 2. The third-order valence-electron chi connectivity index (χ3n) is 3.80. The Labute approximate surface area is 140 Å². The molecule has 1 aromatic carbocycles. The molecular weight excluding hydrogens is 372 g/mol. The lowest BCUT2D eigenvalue weighted by Gasteiger charge is -2.19. The molecule has 0 bridgehead atoms. The second kappa shape index (κ2) is 7.16. The van der Waals surface area contributed by atoms with Crippen molar-refractivity contribution in [2.75, 3.05) is 40.9 Å². The average molecular weight is 393 g/mol. The van der Waals surface area contributed by atoms with Crippen molar-refractivity contribution in [3.05, 3.63) is 16.6 Å². The van der Waals surface area contributed by atoms with Gasteiger partial charge in [0.2, 0.25) is 10.0 Å². The van der Waals surface area contributed by atoms with Crippen LogP contribution in [-0.2, 0) is 10.0 Å². The summed E-state index contributed by atoms with van der Waals surface area (Å²) in [7, 11) is 1.27. The molecule has 2 rings (SSSR count). The molecule has 1 atom stereocenters. The highest BCUT2D eigenvalue weighted by atomic mass is 79.9. The molecule has 22 heavy (non-hydrogen) atoms. The van der Waals surface area contributed by atoms with Crippen molar-refractivity contribution in [2.24, 2.45) is 5.92 Å². The van der Waals surface area contributed by atoms with Gasteiger partial charge in [0.05, 0.1) is 18.7 Å². The maximum Gasteiger partial charge on any atom is 0.246 e. The molecule has 0 radical (unpaired) electrons. The average Bonchev–Trinajstić information content (AvgIpc) is 2.96. The number of nitrogens with zero attached hydrogens (tertiary/aromatic N) is 1. The lowest BCUT2D eigenvalue weighted by atomic mass is 10.1. The van der Waals surface area contributed by atoms with Crippen molar-refractivity contribution < 1.29 is 17.9 Å². The fourth-order valence-electron chi connectivity index (χ4n) is 2.64. The Hall–Kier alpha value is -0.830. The Morgan fingerprint density at radius 3 is 2.59 bits per heavy atom. The molecule has 1 aromatic rings. The van der Waals surface area contributed by atoms with Gasteiger partial charge in [-0.3, -0.25) is 0 Å². The standard InChI is InChI=1S/C14H21BrN2O4S/c1-16-8-10-4-5-17(9-10)22(18,19)14-6-11(15)12(20-2)7-13(14)21-3/h6-7,10,16H,4-5,8-9H2,1-3H3. The number of sulfonamides is 1. The van der Waals surface area contributed by atoms with E-state index in [1.54, 1.807) is 12.1 Å². The highest BCUT2D eigenvalue weighted by Gasteiger charge is 2.34. The predicted octanol–water partition coefficient (Wildman–Crippen LogP) is 1.70. The Bertz CT molecular complexity index is 636. The van der Waals surface area contributed by atoms with Crippen LogP contribution in [0.3, 0.4) is 0 Å². The summed E-state index contributed by atoms with van der Waals surface area (Å²) in [6.45, 7) is 1.87. The molecule has 1 unspecified atom stereocenters. The third-order valence-corrected chi connectivity index (χ3v) is 6.30. The molecule has 124 valence electrons. The molecule has 0 spiro atoms. The van der Waals surface area contributed by atoms with Crippen LogP contribution in [0, 0.1) is 5.92 Å². The fourth-order valence-corrected chi connectivity index (χ4v) is 4.99. The van der Waals surface area contributed by atoms with Crippen LogP contribution < -0.4 is 14.8 Å². The molecule has 0 aromatic heterocycles. The summed E-state index contributed by atoms with van der Waals surface area (Å²) in [6.07, 6.45) is 0.861. The van der Waals surface area contributed by atoms with E-state index in [0.717, 1.165) is 13.0 Å². The van der Waals surface area contributed by atoms with E-state index in [-0.39, 0.29) is 10.6 Å². The molecular formula is C14H21BrN2O4S. The summed E-state index contributed by atoms with van der Waals surface area (Å²) < 4.78 is 38.3. The summed E-state index contributed by atoms with van der Waals surface area (Å²) >= 11 is 3.33. The zero-order valence-electron chi connectivity index (χ0n) is 12.9. The van der Waals surface area contributed by atoms with Gasteiger partial charge in [0.25, 0.3) is 0 Å². The van der Waals surface area contributed by atoms with Crippen LogP contribution in [0.15, 0.2) is 21.5 Å². The van der Waals surface area contributed by atoms with Crippen molar-refractivity contribution in [3.63, 3.8) is 0 Å². The Kier molecular flexibility index (Phi) is 5.70. The summed E-state index contributed by atoms with van der Waals surface area (Å²) in [5, 5.41) is 3.10. The molecule has 1 N–H and O–H groups in total. The molecule has 0 saturated carbocycles. The van der Waals surface area contributed by atoms with Crippen LogP contribution in [0.4, 0.5) is 0 Å². The number of ether oxygens (including phenoxy) is 2. The minimum absolute atomic E-state index is 0.160. The van der Waals surface area contributed by atoms with E-state index in [0.29, 0.717) is 29.2 Å². The molecule has 6 nitrogen and oxygen atoms in total. The van der Waals surface area contributed by atoms with Crippen molar-refractivity contribution >= 4 is 26.0 Å². The predicted molar refractivity (Wildman–Crippen MR) is 88.0 cm³/mol. The van der Waals surface area contributed by atoms with E-state index in [4.69, 9.17) is 9.47 Å². The van der Waals surface area contributed by atoms with Crippen LogP contribution in [0.1, 0.15) is 6.42 Å². The summed E-state index contributed by atoms with van der Waals surface area (Å²) in [4.78, 5) is 0.160. The quantitative estimate of drug-likeness (QED) is 0.797. The van der Waals surface area contributed by atoms with Gasteiger partial charge in [0, 0.05) is 19.2 Å². The highest BCUT2D eigenvalue weighted by molar-refractivity contribution is 9.10. The van der Waals surface area contributed by atoms with Gasteiger partial charge in [-0.2, -0.15) is 4.31 Å². The highest BCUT2D eigenvalue weighted by Crippen LogP contribution is 2.37. The Balaban J connectivity index is 2.36. The molecule has 8 heteroatoms. The number of halogens is 1. The van der Waals surface area contributed by atoms with Gasteiger partial charge in [-0.1, -0.05) is 0 Å². The topological polar surface area (TPSA) is 67.9 Å². The van der Waals surface area contributed by atoms with Crippen LogP contribution in [-0.4, -0.2) is 53.6 Å². The van der Waals surface area contributed by atoms with Crippen LogP contribution in [0.5, 0.6) is 11.5 Å². The van der Waals surface area contributed by atoms with E-state index in [9.17, 15) is 8.42 Å². The van der Waals surface area contributed by atoms with E-state index in [1.165, 1.54) is 18.5 Å². The van der Waals surface area contributed by atoms with Gasteiger partial charge in [-0.15, -0.1) is 0 Å². The van der Waals surface area contributed by atoms with E-state index < -0.39 is 10.0 Å². The molecule has 0 aliphatic carbocycles. The Morgan fingerprint density at radius 2 is 2.00 bits per heavy atom. The maximum absolute atomic E-state index is 12.9. The molecule has 1 aliphatic rings. The number of benzene rings is 1. The monoisotopic (exact) mass is 392 g/mol. The van der Waals surface area contributed by atoms with Crippen LogP contribution in [0.2, 0.25) is 0 Å². The summed E-state index contributed by atoms with van der Waals surface area (Å²) in [5.41, 5.74) is 0. The van der Waals surface area contributed by atoms with Gasteiger partial charge in [0.15, 0.2) is 0 Å². The first-order valence-corrected chi connectivity index (χ1v) is 9.23. The number of hydrogen-bond donors (Lipinski definition) is 1. The lowest BCUT2D eigenvalue weighted by molar-refractivity contribution is 0.381. The van der Waals surface area contributed by atoms with Crippen molar-refractivity contribution in [1.82, 2.24) is 9.62 Å². The van der Waals surface area contributed by atoms with Gasteiger partial charge in [0.1, 0.15) is 16.4 Å². The molecule has 1 heterocycles. The van der Waals surface area contributed by atoms with E-state index >= 15 is 0 Å². The van der Waals surface area contributed by atoms with Crippen molar-refractivity contribution in [3.8, 4) is 11.5 Å². The Morgan fingerprint density at radius 1 is 1.32 bits per heavy atom. The zero-order chi connectivity index (χ0) is 16.3. The number of rotatable bonds is 6. The summed E-state index contributed by atoms with van der Waals surface area (Å²) in [5.74, 6) is 1.16. The fraction of sp³-hybridized carbons (Fsp3) is 0.571. The van der Waals surface area contributed by atoms with Crippen LogP contribution >= 0.6 is 15.9 Å². The van der Waals surface area contributed by atoms with Gasteiger partial charge in [-0.25, -0.2) is 8.42 Å².